The average molecular weight is 220 g/mol. The van der Waals surface area contributed by atoms with Crippen LogP contribution in [0.3, 0.4) is 0 Å². The molecule has 0 aliphatic heterocycles. The van der Waals surface area contributed by atoms with Crippen molar-refractivity contribution in [3.8, 4) is 0 Å². The van der Waals surface area contributed by atoms with E-state index in [9.17, 15) is 0 Å². The second-order valence-corrected chi connectivity index (χ2v) is 5.50. The number of rotatable bonds is 4. The van der Waals surface area contributed by atoms with Gasteiger partial charge < -0.3 is 9.84 Å². The summed E-state index contributed by atoms with van der Waals surface area (Å²) in [5.74, 6) is 3.93. The minimum Gasteiger partial charge on any atom is -0.360 e. The fraction of sp³-hybridized carbons (Fsp3) is 0.769. The Hall–Kier alpha value is -0.830. The lowest BCUT2D eigenvalue weighted by molar-refractivity contribution is 0.307. The molecule has 2 bridgehead atoms. The molecule has 1 heterocycles. The molecule has 3 heteroatoms. The van der Waals surface area contributed by atoms with Gasteiger partial charge in [-0.3, -0.25) is 0 Å². The Morgan fingerprint density at radius 3 is 3.00 bits per heavy atom. The van der Waals surface area contributed by atoms with Crippen LogP contribution in [0.5, 0.6) is 0 Å². The van der Waals surface area contributed by atoms with E-state index in [-0.39, 0.29) is 0 Å². The van der Waals surface area contributed by atoms with Crippen molar-refractivity contribution in [2.24, 2.45) is 17.8 Å². The predicted octanol–water partition coefficient (Wildman–Crippen LogP) is 2.51. The molecule has 1 aromatic rings. The molecule has 3 rings (SSSR count). The van der Waals surface area contributed by atoms with Gasteiger partial charge in [0.05, 0.1) is 12.2 Å². The molecule has 2 aliphatic carbocycles. The van der Waals surface area contributed by atoms with Gasteiger partial charge in [0.15, 0.2) is 5.76 Å². The first-order chi connectivity index (χ1) is 7.81. The molecule has 0 spiro atoms. The second kappa shape index (κ2) is 4.21. The largest absolute Gasteiger partial charge is 0.360 e. The van der Waals surface area contributed by atoms with Gasteiger partial charge in [-0.15, -0.1) is 0 Å². The molecule has 3 atom stereocenters. The van der Waals surface area contributed by atoms with Gasteiger partial charge in [-0.1, -0.05) is 11.6 Å². The molecule has 2 aliphatic rings. The van der Waals surface area contributed by atoms with Crippen LogP contribution in [0.2, 0.25) is 0 Å². The Labute approximate surface area is 96.6 Å². The Morgan fingerprint density at radius 2 is 2.38 bits per heavy atom. The summed E-state index contributed by atoms with van der Waals surface area (Å²) in [5, 5.41) is 7.40. The number of nitrogens with zero attached hydrogens (tertiary/aromatic N) is 1. The Balaban J connectivity index is 1.44. The van der Waals surface area contributed by atoms with E-state index in [1.165, 1.54) is 25.7 Å². The lowest BCUT2D eigenvalue weighted by Crippen LogP contribution is -2.26. The van der Waals surface area contributed by atoms with Crippen LogP contribution in [0, 0.1) is 24.7 Å². The van der Waals surface area contributed by atoms with Gasteiger partial charge in [-0.2, -0.15) is 0 Å². The molecular weight excluding hydrogens is 200 g/mol. The molecule has 16 heavy (non-hydrogen) atoms. The molecule has 3 unspecified atom stereocenters. The zero-order valence-corrected chi connectivity index (χ0v) is 9.91. The van der Waals surface area contributed by atoms with E-state index in [0.29, 0.717) is 0 Å². The molecule has 1 aromatic heterocycles. The molecule has 2 fully saturated rings. The van der Waals surface area contributed by atoms with E-state index in [0.717, 1.165) is 42.3 Å². The summed E-state index contributed by atoms with van der Waals surface area (Å²) in [6.45, 7) is 3.94. The third-order valence-electron chi connectivity index (χ3n) is 4.27. The van der Waals surface area contributed by atoms with Gasteiger partial charge in [-0.25, -0.2) is 0 Å². The van der Waals surface area contributed by atoms with Crippen molar-refractivity contribution < 1.29 is 4.52 Å². The van der Waals surface area contributed by atoms with E-state index >= 15 is 0 Å². The highest BCUT2D eigenvalue weighted by Crippen LogP contribution is 2.47. The quantitative estimate of drug-likeness (QED) is 0.847. The summed E-state index contributed by atoms with van der Waals surface area (Å²) in [6, 6.07) is 2.01. The van der Waals surface area contributed by atoms with Gasteiger partial charge in [0.25, 0.3) is 0 Å². The van der Waals surface area contributed by atoms with E-state index in [1.807, 2.05) is 13.0 Å². The summed E-state index contributed by atoms with van der Waals surface area (Å²) in [5.41, 5.74) is 0.969. The lowest BCUT2D eigenvalue weighted by Gasteiger charge is -2.21. The third-order valence-corrected chi connectivity index (χ3v) is 4.27. The van der Waals surface area contributed by atoms with E-state index in [1.54, 1.807) is 0 Å². The first-order valence-electron chi connectivity index (χ1n) is 6.44. The Bertz CT molecular complexity index is 361. The van der Waals surface area contributed by atoms with Crippen molar-refractivity contribution in [1.82, 2.24) is 10.5 Å². The molecule has 88 valence electrons. The molecule has 1 N–H and O–H groups in total. The molecule has 2 saturated carbocycles. The van der Waals surface area contributed by atoms with Crippen molar-refractivity contribution in [3.63, 3.8) is 0 Å². The smallest absolute Gasteiger partial charge is 0.150 e. The number of aromatic nitrogens is 1. The molecule has 0 radical (unpaired) electrons. The molecule has 0 aromatic carbocycles. The topological polar surface area (TPSA) is 38.1 Å². The minimum absolute atomic E-state index is 0.828. The highest BCUT2D eigenvalue weighted by Gasteiger charge is 2.38. The van der Waals surface area contributed by atoms with E-state index in [4.69, 9.17) is 4.52 Å². The average Bonchev–Trinajstić information content (AvgIpc) is 2.94. The van der Waals surface area contributed by atoms with Gasteiger partial charge in [0, 0.05) is 6.07 Å². The van der Waals surface area contributed by atoms with Crippen LogP contribution in [-0.2, 0) is 6.54 Å². The maximum atomic E-state index is 5.18. The third kappa shape index (κ3) is 2.01. The predicted molar refractivity (Wildman–Crippen MR) is 61.9 cm³/mol. The highest BCUT2D eigenvalue weighted by molar-refractivity contribution is 5.02. The van der Waals surface area contributed by atoms with Gasteiger partial charge in [-0.05, 0) is 50.5 Å². The maximum absolute atomic E-state index is 5.18. The number of nitrogens with one attached hydrogen (secondary N) is 1. The number of hydrogen-bond acceptors (Lipinski definition) is 3. The van der Waals surface area contributed by atoms with Gasteiger partial charge in [0.1, 0.15) is 0 Å². The fourth-order valence-electron chi connectivity index (χ4n) is 3.51. The highest BCUT2D eigenvalue weighted by atomic mass is 16.5. The van der Waals surface area contributed by atoms with Crippen molar-refractivity contribution in [2.45, 2.75) is 39.2 Å². The van der Waals surface area contributed by atoms with Crippen molar-refractivity contribution >= 4 is 0 Å². The fourth-order valence-corrected chi connectivity index (χ4v) is 3.51. The zero-order chi connectivity index (χ0) is 11.0. The van der Waals surface area contributed by atoms with Crippen molar-refractivity contribution in [2.75, 3.05) is 6.54 Å². The first kappa shape index (κ1) is 10.3. The van der Waals surface area contributed by atoms with Crippen LogP contribution < -0.4 is 5.32 Å². The lowest BCUT2D eigenvalue weighted by atomic mass is 9.89. The standard InChI is InChI=1S/C13H20N2O/c1-9-4-13(16-15-9)8-14-7-12-6-10-2-3-11(12)5-10/h4,10-12,14H,2-3,5-8H2,1H3. The van der Waals surface area contributed by atoms with E-state index < -0.39 is 0 Å². The normalized spacial score (nSPS) is 32.4. The Morgan fingerprint density at radius 1 is 1.44 bits per heavy atom. The van der Waals surface area contributed by atoms with Crippen LogP contribution in [0.15, 0.2) is 10.6 Å². The number of hydrogen-bond donors (Lipinski definition) is 1. The zero-order valence-electron chi connectivity index (χ0n) is 9.91. The van der Waals surface area contributed by atoms with Crippen LogP contribution in [0.25, 0.3) is 0 Å². The molecule has 3 nitrogen and oxygen atoms in total. The molecular formula is C13H20N2O. The first-order valence-corrected chi connectivity index (χ1v) is 6.44. The van der Waals surface area contributed by atoms with Crippen LogP contribution in [-0.4, -0.2) is 11.7 Å². The minimum atomic E-state index is 0.828. The second-order valence-electron chi connectivity index (χ2n) is 5.50. The van der Waals surface area contributed by atoms with Crippen molar-refractivity contribution in [3.05, 3.63) is 17.5 Å². The van der Waals surface area contributed by atoms with Crippen LogP contribution in [0.4, 0.5) is 0 Å². The van der Waals surface area contributed by atoms with E-state index in [2.05, 4.69) is 10.5 Å². The van der Waals surface area contributed by atoms with Gasteiger partial charge in [0.2, 0.25) is 0 Å². The maximum Gasteiger partial charge on any atom is 0.150 e. The summed E-state index contributed by atoms with van der Waals surface area (Å²) in [7, 11) is 0. The summed E-state index contributed by atoms with van der Waals surface area (Å²) < 4.78 is 5.18. The summed E-state index contributed by atoms with van der Waals surface area (Å²) >= 11 is 0. The number of fused-ring (bicyclic) bond motifs is 2. The van der Waals surface area contributed by atoms with Crippen LogP contribution >= 0.6 is 0 Å². The SMILES string of the molecule is Cc1cc(CNCC2CC3CCC2C3)on1. The monoisotopic (exact) mass is 220 g/mol. The van der Waals surface area contributed by atoms with Gasteiger partial charge >= 0.3 is 0 Å². The molecule has 0 amide bonds. The molecule has 0 saturated heterocycles. The summed E-state index contributed by atoms with van der Waals surface area (Å²) in [6.07, 6.45) is 5.90. The Kier molecular flexibility index (Phi) is 2.72. The van der Waals surface area contributed by atoms with Crippen molar-refractivity contribution in [1.29, 1.82) is 0 Å². The summed E-state index contributed by atoms with van der Waals surface area (Å²) in [4.78, 5) is 0. The number of aryl methyl sites for hydroxylation is 1. The van der Waals surface area contributed by atoms with Crippen LogP contribution in [0.1, 0.15) is 37.1 Å².